The minimum absolute atomic E-state index is 0.259. The van der Waals surface area contributed by atoms with Crippen molar-refractivity contribution in [1.82, 2.24) is 15.0 Å². The van der Waals surface area contributed by atoms with Gasteiger partial charge in [0.15, 0.2) is 17.8 Å². The Balaban J connectivity index is 1.02. The Morgan fingerprint density at radius 3 is 1.73 bits per heavy atom. The third-order valence-electron chi connectivity index (χ3n) is 11.6. The van der Waals surface area contributed by atoms with Gasteiger partial charge in [0.25, 0.3) is 0 Å². The predicted molar refractivity (Wildman–Crippen MR) is 197 cm³/mol. The fraction of sp³-hybridized carbons (Fsp3) is 0.222. The van der Waals surface area contributed by atoms with Crippen LogP contribution in [0.15, 0.2) is 138 Å². The lowest BCUT2D eigenvalue weighted by atomic mass is 9.48. The van der Waals surface area contributed by atoms with Gasteiger partial charge in [-0.15, -0.1) is 0 Å². The fourth-order valence-electron chi connectivity index (χ4n) is 9.83. The zero-order valence-corrected chi connectivity index (χ0v) is 27.4. The van der Waals surface area contributed by atoms with E-state index in [0.29, 0.717) is 0 Å². The van der Waals surface area contributed by atoms with Gasteiger partial charge in [-0.1, -0.05) is 109 Å². The summed E-state index contributed by atoms with van der Waals surface area (Å²) in [7, 11) is 0. The third-order valence-corrected chi connectivity index (χ3v) is 11.6. The number of aromatic nitrogens is 3. The largest absolute Gasteiger partial charge is 0.443 e. The number of nitrogens with zero attached hydrogens (tertiary/aromatic N) is 3. The predicted octanol–water partition coefficient (Wildman–Crippen LogP) is 11.4. The van der Waals surface area contributed by atoms with E-state index in [-0.39, 0.29) is 5.41 Å². The summed E-state index contributed by atoms with van der Waals surface area (Å²) >= 11 is 0. The zero-order valence-electron chi connectivity index (χ0n) is 27.4. The number of hydrogen-bond acceptors (Lipinski definition) is 4. The maximum Gasteiger partial charge on any atom is 0.182 e. The van der Waals surface area contributed by atoms with Gasteiger partial charge in [0.05, 0.1) is 11.4 Å². The van der Waals surface area contributed by atoms with E-state index in [2.05, 4.69) is 103 Å². The molecule has 0 amide bonds. The Morgan fingerprint density at radius 2 is 1.06 bits per heavy atom. The molecule has 4 fully saturated rings. The first-order valence-electron chi connectivity index (χ1n) is 17.8. The quantitative estimate of drug-likeness (QED) is 0.182. The summed E-state index contributed by atoms with van der Waals surface area (Å²) in [6.45, 7) is 0. The SMILES string of the molecule is c1ccc(-c2cc(-c3cccc(-c4cccc(-c5ccc(C67CC8CC(CC(C8)C6)C7)c6ocnc56)c4)c3)nc(-c3ccccc3)n2)cc1. The van der Waals surface area contributed by atoms with Crippen LogP contribution in [-0.4, -0.2) is 15.0 Å². The van der Waals surface area contributed by atoms with Crippen LogP contribution >= 0.6 is 0 Å². The van der Waals surface area contributed by atoms with Gasteiger partial charge < -0.3 is 4.42 Å². The monoisotopic (exact) mass is 635 g/mol. The van der Waals surface area contributed by atoms with Crippen LogP contribution in [-0.2, 0) is 5.41 Å². The first-order chi connectivity index (χ1) is 24.2. The van der Waals surface area contributed by atoms with Crippen molar-refractivity contribution in [2.75, 3.05) is 0 Å². The summed E-state index contributed by atoms with van der Waals surface area (Å²) in [5.74, 6) is 3.37. The van der Waals surface area contributed by atoms with E-state index in [1.165, 1.54) is 44.1 Å². The molecule has 7 aromatic rings. The first kappa shape index (κ1) is 28.6. The van der Waals surface area contributed by atoms with E-state index in [4.69, 9.17) is 19.4 Å². The topological polar surface area (TPSA) is 51.8 Å². The van der Waals surface area contributed by atoms with Gasteiger partial charge in [0.2, 0.25) is 0 Å². The van der Waals surface area contributed by atoms with Crippen LogP contribution in [0.4, 0.5) is 0 Å². The third kappa shape index (κ3) is 5.01. The Kier molecular flexibility index (Phi) is 6.65. The van der Waals surface area contributed by atoms with Gasteiger partial charge in [0, 0.05) is 27.8 Å². The molecule has 4 nitrogen and oxygen atoms in total. The highest BCUT2D eigenvalue weighted by atomic mass is 16.3. The summed E-state index contributed by atoms with van der Waals surface area (Å²) in [5, 5.41) is 0. The molecule has 0 radical (unpaired) electrons. The summed E-state index contributed by atoms with van der Waals surface area (Å²) in [6.07, 6.45) is 9.89. The van der Waals surface area contributed by atoms with Gasteiger partial charge in [-0.05, 0) is 96.6 Å². The first-order valence-corrected chi connectivity index (χ1v) is 17.8. The van der Waals surface area contributed by atoms with Crippen molar-refractivity contribution < 1.29 is 4.42 Å². The Hall–Kier alpha value is -5.35. The molecule has 4 bridgehead atoms. The van der Waals surface area contributed by atoms with Gasteiger partial charge in [-0.3, -0.25) is 0 Å². The lowest BCUT2D eigenvalue weighted by Crippen LogP contribution is -2.48. The lowest BCUT2D eigenvalue weighted by molar-refractivity contribution is -0.00487. The standard InChI is InChI=1S/C45H37N3O/c1-3-9-32(10-4-1)40-24-41(48-44(47-40)33-11-5-2-6-12-33)37-16-8-14-35(23-37)34-13-7-15-36(22-34)38-17-18-39(43-42(38)46-28-49-43)45-25-29-19-30(26-45)21-31(20-29)27-45/h1-18,22-24,28-31H,19-21,25-27H2. The summed E-state index contributed by atoms with van der Waals surface area (Å²) in [5.41, 5.74) is 13.2. The van der Waals surface area contributed by atoms with Crippen LogP contribution in [0.2, 0.25) is 0 Å². The van der Waals surface area contributed by atoms with Crippen molar-refractivity contribution in [2.45, 2.75) is 43.9 Å². The van der Waals surface area contributed by atoms with Crippen LogP contribution in [0.1, 0.15) is 44.1 Å². The van der Waals surface area contributed by atoms with E-state index in [9.17, 15) is 0 Å². The molecule has 0 N–H and O–H groups in total. The molecule has 2 aromatic heterocycles. The van der Waals surface area contributed by atoms with E-state index < -0.39 is 0 Å². The highest BCUT2D eigenvalue weighted by Crippen LogP contribution is 2.61. The van der Waals surface area contributed by atoms with Crippen molar-refractivity contribution in [1.29, 1.82) is 0 Å². The molecule has 0 saturated heterocycles. The second kappa shape index (κ2) is 11.4. The number of benzene rings is 5. The van der Waals surface area contributed by atoms with E-state index in [1.807, 2.05) is 24.3 Å². The Labute approximate surface area is 286 Å². The molecular formula is C45H37N3O. The normalized spacial score (nSPS) is 22.5. The number of hydrogen-bond donors (Lipinski definition) is 0. The van der Waals surface area contributed by atoms with E-state index >= 15 is 0 Å². The molecule has 0 spiro atoms. The van der Waals surface area contributed by atoms with Crippen molar-refractivity contribution in [3.63, 3.8) is 0 Å². The molecule has 5 aromatic carbocycles. The van der Waals surface area contributed by atoms with E-state index in [0.717, 1.165) is 85.0 Å². The maximum atomic E-state index is 6.24. The lowest BCUT2D eigenvalue weighted by Gasteiger charge is -2.57. The zero-order chi connectivity index (χ0) is 32.4. The number of fused-ring (bicyclic) bond motifs is 1. The molecule has 238 valence electrons. The van der Waals surface area contributed by atoms with Gasteiger partial charge in [-0.2, -0.15) is 0 Å². The van der Waals surface area contributed by atoms with Crippen LogP contribution < -0.4 is 0 Å². The van der Waals surface area contributed by atoms with Crippen molar-refractivity contribution in [3.05, 3.63) is 139 Å². The van der Waals surface area contributed by atoms with Crippen LogP contribution in [0, 0.1) is 17.8 Å². The molecule has 49 heavy (non-hydrogen) atoms. The average Bonchev–Trinajstić information content (AvgIpc) is 3.65. The number of rotatable bonds is 6. The van der Waals surface area contributed by atoms with Crippen molar-refractivity contribution in [2.24, 2.45) is 17.8 Å². The fourth-order valence-corrected chi connectivity index (χ4v) is 9.83. The molecule has 4 aliphatic carbocycles. The van der Waals surface area contributed by atoms with Gasteiger partial charge in [-0.25, -0.2) is 15.0 Å². The van der Waals surface area contributed by atoms with Crippen LogP contribution in [0.3, 0.4) is 0 Å². The summed E-state index contributed by atoms with van der Waals surface area (Å²) in [6, 6.07) is 44.9. The minimum atomic E-state index is 0.259. The van der Waals surface area contributed by atoms with E-state index in [1.54, 1.807) is 6.39 Å². The molecule has 4 heteroatoms. The molecule has 4 aliphatic rings. The van der Waals surface area contributed by atoms with Gasteiger partial charge in [0.1, 0.15) is 5.52 Å². The van der Waals surface area contributed by atoms with Gasteiger partial charge >= 0.3 is 0 Å². The molecule has 0 unspecified atom stereocenters. The molecule has 11 rings (SSSR count). The molecular weight excluding hydrogens is 599 g/mol. The second-order valence-electron chi connectivity index (χ2n) is 14.7. The second-order valence-corrected chi connectivity index (χ2v) is 14.7. The summed E-state index contributed by atoms with van der Waals surface area (Å²) < 4.78 is 6.24. The smallest absolute Gasteiger partial charge is 0.182 e. The van der Waals surface area contributed by atoms with Crippen molar-refractivity contribution in [3.8, 4) is 56.2 Å². The highest BCUT2D eigenvalue weighted by Gasteiger charge is 2.52. The molecule has 4 saturated carbocycles. The molecule has 0 atom stereocenters. The van der Waals surface area contributed by atoms with Crippen molar-refractivity contribution >= 4 is 11.1 Å². The molecule has 2 heterocycles. The average molecular weight is 636 g/mol. The Morgan fingerprint density at radius 1 is 0.510 bits per heavy atom. The van der Waals surface area contributed by atoms with Crippen LogP contribution in [0.25, 0.3) is 67.3 Å². The molecule has 0 aliphatic heterocycles. The Bertz CT molecular complexity index is 2230. The summed E-state index contributed by atoms with van der Waals surface area (Å²) in [4.78, 5) is 14.9. The highest BCUT2D eigenvalue weighted by molar-refractivity contribution is 5.94. The van der Waals surface area contributed by atoms with Crippen LogP contribution in [0.5, 0.6) is 0 Å². The number of oxazole rings is 1. The maximum absolute atomic E-state index is 6.24. The minimum Gasteiger partial charge on any atom is -0.443 e.